The normalized spacial score (nSPS) is 25.6. The molecule has 3 rings (SSSR count). The summed E-state index contributed by atoms with van der Waals surface area (Å²) in [5, 5.41) is 7.94. The minimum atomic E-state index is 0. The molecule has 2 saturated heterocycles. The fourth-order valence-corrected chi connectivity index (χ4v) is 3.46. The highest BCUT2D eigenvalue weighted by atomic mass is 35.5. The number of hydrogen-bond acceptors (Lipinski definition) is 3. The van der Waals surface area contributed by atoms with Crippen molar-refractivity contribution in [3.63, 3.8) is 0 Å². The van der Waals surface area contributed by atoms with Crippen molar-refractivity contribution in [2.45, 2.75) is 45.1 Å². The second-order valence-corrected chi connectivity index (χ2v) is 6.35. The number of nitrogens with one attached hydrogen (secondary N) is 1. The lowest BCUT2D eigenvalue weighted by molar-refractivity contribution is 0.0664. The van der Waals surface area contributed by atoms with Crippen molar-refractivity contribution in [2.24, 2.45) is 5.92 Å². The van der Waals surface area contributed by atoms with Gasteiger partial charge in [-0.2, -0.15) is 5.10 Å². The summed E-state index contributed by atoms with van der Waals surface area (Å²) in [5.41, 5.74) is 0.609. The number of rotatable bonds is 3. The Balaban J connectivity index is 0.00000176. The summed E-state index contributed by atoms with van der Waals surface area (Å²) in [6.45, 7) is 6.04. The largest absolute Gasteiger partial charge is 0.337 e. The van der Waals surface area contributed by atoms with Gasteiger partial charge in [-0.1, -0.05) is 13.3 Å². The summed E-state index contributed by atoms with van der Waals surface area (Å²) in [7, 11) is 0. The maximum Gasteiger partial charge on any atom is 0.274 e. The third kappa shape index (κ3) is 3.82. The summed E-state index contributed by atoms with van der Waals surface area (Å²) in [6, 6.07) is 2.28. The molecule has 0 bridgehead atoms. The lowest BCUT2D eigenvalue weighted by atomic mass is 9.95. The van der Waals surface area contributed by atoms with E-state index in [1.54, 1.807) is 0 Å². The van der Waals surface area contributed by atoms with Crippen LogP contribution in [0.25, 0.3) is 0 Å². The number of likely N-dealkylation sites (tertiary alicyclic amines) is 1. The molecule has 1 N–H and O–H groups in total. The van der Waals surface area contributed by atoms with Crippen LogP contribution in [0.15, 0.2) is 12.3 Å². The molecular formula is C16H27ClN4O. The average Bonchev–Trinajstić information content (AvgIpc) is 3.05. The number of carbonyl (C=O) groups is 1. The van der Waals surface area contributed by atoms with Gasteiger partial charge in [0.25, 0.3) is 5.91 Å². The molecule has 2 unspecified atom stereocenters. The molecule has 5 nitrogen and oxygen atoms in total. The zero-order valence-corrected chi connectivity index (χ0v) is 14.1. The number of aromatic nitrogens is 2. The van der Waals surface area contributed by atoms with Crippen molar-refractivity contribution in [1.82, 2.24) is 20.0 Å². The van der Waals surface area contributed by atoms with Gasteiger partial charge in [0, 0.05) is 25.8 Å². The molecule has 2 fully saturated rings. The van der Waals surface area contributed by atoms with Crippen molar-refractivity contribution in [2.75, 3.05) is 26.2 Å². The topological polar surface area (TPSA) is 50.2 Å². The van der Waals surface area contributed by atoms with Crippen molar-refractivity contribution in [1.29, 1.82) is 0 Å². The Hall–Kier alpha value is -1.07. The van der Waals surface area contributed by atoms with Crippen LogP contribution >= 0.6 is 12.4 Å². The lowest BCUT2D eigenvalue weighted by Crippen LogP contribution is -2.40. The second kappa shape index (κ2) is 7.97. The summed E-state index contributed by atoms with van der Waals surface area (Å²) < 4.78 is 1.97. The number of piperidine rings is 2. The van der Waals surface area contributed by atoms with E-state index in [9.17, 15) is 4.79 Å². The van der Waals surface area contributed by atoms with E-state index in [0.717, 1.165) is 45.4 Å². The molecule has 1 amide bonds. The Morgan fingerprint density at radius 3 is 3.00 bits per heavy atom. The molecule has 0 spiro atoms. The molecule has 0 aliphatic carbocycles. The van der Waals surface area contributed by atoms with Crippen LogP contribution in [0.4, 0.5) is 0 Å². The number of carbonyl (C=O) groups excluding carboxylic acids is 1. The Kier molecular flexibility index (Phi) is 6.26. The zero-order chi connectivity index (χ0) is 14.7. The summed E-state index contributed by atoms with van der Waals surface area (Å²) in [4.78, 5) is 14.6. The third-order valence-corrected chi connectivity index (χ3v) is 4.86. The van der Waals surface area contributed by atoms with Crippen molar-refractivity contribution in [3.8, 4) is 0 Å². The van der Waals surface area contributed by atoms with Crippen LogP contribution in [0, 0.1) is 5.92 Å². The Labute approximate surface area is 138 Å². The first-order chi connectivity index (χ1) is 10.3. The molecule has 22 heavy (non-hydrogen) atoms. The van der Waals surface area contributed by atoms with E-state index in [2.05, 4.69) is 17.3 Å². The molecule has 0 aromatic carbocycles. The van der Waals surface area contributed by atoms with E-state index in [1.165, 1.54) is 12.8 Å². The van der Waals surface area contributed by atoms with Gasteiger partial charge in [0.15, 0.2) is 0 Å². The van der Waals surface area contributed by atoms with Crippen molar-refractivity contribution < 1.29 is 4.79 Å². The molecule has 0 radical (unpaired) electrons. The Bertz CT molecular complexity index is 484. The number of nitrogens with zero attached hydrogens (tertiary/aromatic N) is 3. The van der Waals surface area contributed by atoms with E-state index in [1.807, 2.05) is 21.8 Å². The van der Waals surface area contributed by atoms with Gasteiger partial charge in [0.1, 0.15) is 5.69 Å². The molecule has 124 valence electrons. The van der Waals surface area contributed by atoms with Crippen LogP contribution in [0.5, 0.6) is 0 Å². The maximum absolute atomic E-state index is 12.6. The molecule has 3 heterocycles. The average molecular weight is 327 g/mol. The maximum atomic E-state index is 12.6. The molecule has 6 heteroatoms. The van der Waals surface area contributed by atoms with Crippen LogP contribution in [0.1, 0.15) is 55.6 Å². The van der Waals surface area contributed by atoms with Crippen LogP contribution in [0.3, 0.4) is 0 Å². The molecule has 2 aliphatic heterocycles. The summed E-state index contributed by atoms with van der Waals surface area (Å²) >= 11 is 0. The minimum Gasteiger partial charge on any atom is -0.337 e. The summed E-state index contributed by atoms with van der Waals surface area (Å²) in [6.07, 6.45) is 7.82. The predicted molar refractivity (Wildman–Crippen MR) is 89.5 cm³/mol. The van der Waals surface area contributed by atoms with Gasteiger partial charge in [-0.3, -0.25) is 9.48 Å². The van der Waals surface area contributed by atoms with Gasteiger partial charge in [0.05, 0.1) is 6.04 Å². The number of halogens is 1. The van der Waals surface area contributed by atoms with Gasteiger partial charge >= 0.3 is 0 Å². The first-order valence-corrected chi connectivity index (χ1v) is 8.33. The predicted octanol–water partition coefficient (Wildman–Crippen LogP) is 2.49. The van der Waals surface area contributed by atoms with E-state index in [-0.39, 0.29) is 18.3 Å². The van der Waals surface area contributed by atoms with Crippen LogP contribution in [0.2, 0.25) is 0 Å². The smallest absolute Gasteiger partial charge is 0.274 e. The number of hydrogen-bond donors (Lipinski definition) is 1. The van der Waals surface area contributed by atoms with E-state index in [4.69, 9.17) is 0 Å². The van der Waals surface area contributed by atoms with Crippen LogP contribution in [-0.2, 0) is 0 Å². The van der Waals surface area contributed by atoms with Crippen molar-refractivity contribution in [3.05, 3.63) is 18.0 Å². The Morgan fingerprint density at radius 1 is 1.41 bits per heavy atom. The molecular weight excluding hydrogens is 300 g/mol. The molecule has 0 saturated carbocycles. The molecule has 1 aromatic heterocycles. The standard InChI is InChI=1S/C16H26N4O.ClH/c1-2-13-5-4-9-19(12-13)16(21)15-7-10-20(18-15)14-6-3-8-17-11-14;/h7,10,13-14,17H,2-6,8-9,11-12H2,1H3;1H. The van der Waals surface area contributed by atoms with E-state index < -0.39 is 0 Å². The quantitative estimate of drug-likeness (QED) is 0.928. The highest BCUT2D eigenvalue weighted by Crippen LogP contribution is 2.21. The number of amides is 1. The van der Waals surface area contributed by atoms with Crippen molar-refractivity contribution >= 4 is 18.3 Å². The highest BCUT2D eigenvalue weighted by molar-refractivity contribution is 5.92. The van der Waals surface area contributed by atoms with E-state index in [0.29, 0.717) is 17.7 Å². The first kappa shape index (κ1) is 17.3. The van der Waals surface area contributed by atoms with E-state index >= 15 is 0 Å². The van der Waals surface area contributed by atoms with Crippen LogP contribution < -0.4 is 5.32 Å². The van der Waals surface area contributed by atoms with Gasteiger partial charge in [-0.05, 0) is 44.2 Å². The SMILES string of the molecule is CCC1CCCN(C(=O)c2ccn(C3CCCNC3)n2)C1.Cl. The minimum absolute atomic E-state index is 0. The molecule has 2 atom stereocenters. The van der Waals surface area contributed by atoms with Gasteiger partial charge in [0.2, 0.25) is 0 Å². The fraction of sp³-hybridized carbons (Fsp3) is 0.750. The monoisotopic (exact) mass is 326 g/mol. The zero-order valence-electron chi connectivity index (χ0n) is 13.3. The second-order valence-electron chi connectivity index (χ2n) is 6.35. The third-order valence-electron chi connectivity index (χ3n) is 4.86. The fourth-order valence-electron chi connectivity index (χ4n) is 3.46. The van der Waals surface area contributed by atoms with Gasteiger partial charge in [-0.15, -0.1) is 12.4 Å². The lowest BCUT2D eigenvalue weighted by Gasteiger charge is -2.31. The highest BCUT2D eigenvalue weighted by Gasteiger charge is 2.25. The summed E-state index contributed by atoms with van der Waals surface area (Å²) in [5.74, 6) is 0.767. The van der Waals surface area contributed by atoms with Crippen LogP contribution in [-0.4, -0.2) is 46.8 Å². The molecule has 1 aromatic rings. The van der Waals surface area contributed by atoms with Gasteiger partial charge < -0.3 is 10.2 Å². The first-order valence-electron chi connectivity index (χ1n) is 8.33. The Morgan fingerprint density at radius 2 is 2.27 bits per heavy atom. The van der Waals surface area contributed by atoms with Gasteiger partial charge in [-0.25, -0.2) is 0 Å². The molecule has 2 aliphatic rings.